The van der Waals surface area contributed by atoms with Crippen molar-refractivity contribution in [3.63, 3.8) is 0 Å². The molecule has 0 aliphatic heterocycles. The summed E-state index contributed by atoms with van der Waals surface area (Å²) < 4.78 is 2.95. The summed E-state index contributed by atoms with van der Waals surface area (Å²) in [6.45, 7) is 8.00. The minimum atomic E-state index is -0.975. The maximum absolute atomic E-state index is 10.8. The summed E-state index contributed by atoms with van der Waals surface area (Å²) in [5, 5.41) is 9.88. The molecule has 0 bridgehead atoms. The highest BCUT2D eigenvalue weighted by Crippen LogP contribution is 2.25. The number of hydrogen-bond donors (Lipinski definition) is 2. The SMILES string of the molecule is CC.CC.Cn1cc(CC(N)C(=O)O)c2cc(Br)ccc21. The van der Waals surface area contributed by atoms with E-state index >= 15 is 0 Å². The summed E-state index contributed by atoms with van der Waals surface area (Å²) in [5.74, 6) is -0.975. The van der Waals surface area contributed by atoms with Crippen molar-refractivity contribution in [1.82, 2.24) is 4.57 Å². The molecular weight excluding hydrogens is 332 g/mol. The number of rotatable bonds is 3. The second kappa shape index (κ2) is 9.58. The molecule has 1 unspecified atom stereocenters. The number of nitrogens with zero attached hydrogens (tertiary/aromatic N) is 1. The zero-order valence-corrected chi connectivity index (χ0v) is 14.9. The second-order valence-electron chi connectivity index (χ2n) is 4.08. The molecule has 1 heterocycles. The molecule has 0 radical (unpaired) electrons. The van der Waals surface area contributed by atoms with Gasteiger partial charge in [-0.25, -0.2) is 0 Å². The fourth-order valence-corrected chi connectivity index (χ4v) is 2.29. The number of aryl methyl sites for hydroxylation is 1. The van der Waals surface area contributed by atoms with Crippen LogP contribution < -0.4 is 5.73 Å². The van der Waals surface area contributed by atoms with Crippen LogP contribution in [0.2, 0.25) is 0 Å². The number of aliphatic carboxylic acids is 1. The van der Waals surface area contributed by atoms with E-state index in [0.717, 1.165) is 20.9 Å². The van der Waals surface area contributed by atoms with Crippen LogP contribution in [0, 0.1) is 0 Å². The quantitative estimate of drug-likeness (QED) is 0.874. The van der Waals surface area contributed by atoms with Crippen LogP contribution in [0.3, 0.4) is 0 Å². The van der Waals surface area contributed by atoms with Crippen LogP contribution in [0.15, 0.2) is 28.9 Å². The first-order valence-corrected chi connectivity index (χ1v) is 8.00. The molecule has 2 aromatic rings. The van der Waals surface area contributed by atoms with E-state index in [1.807, 2.05) is 63.7 Å². The summed E-state index contributed by atoms with van der Waals surface area (Å²) in [5.41, 5.74) is 7.59. The van der Waals surface area contributed by atoms with Gasteiger partial charge < -0.3 is 15.4 Å². The van der Waals surface area contributed by atoms with Crippen LogP contribution in [0.25, 0.3) is 10.9 Å². The fraction of sp³-hybridized carbons (Fsp3) is 0.438. The summed E-state index contributed by atoms with van der Waals surface area (Å²) in [6.07, 6.45) is 2.27. The molecule has 0 fully saturated rings. The topological polar surface area (TPSA) is 68.2 Å². The average Bonchev–Trinajstić information content (AvgIpc) is 2.79. The first-order valence-electron chi connectivity index (χ1n) is 7.21. The third kappa shape index (κ3) is 5.17. The van der Waals surface area contributed by atoms with Gasteiger partial charge in [0.2, 0.25) is 0 Å². The lowest BCUT2D eigenvalue weighted by molar-refractivity contribution is -0.138. The molecule has 1 aromatic heterocycles. The summed E-state index contributed by atoms with van der Waals surface area (Å²) in [4.78, 5) is 10.8. The highest BCUT2D eigenvalue weighted by Gasteiger charge is 2.15. The van der Waals surface area contributed by atoms with Crippen LogP contribution >= 0.6 is 15.9 Å². The van der Waals surface area contributed by atoms with E-state index in [1.54, 1.807) is 0 Å². The molecule has 118 valence electrons. The van der Waals surface area contributed by atoms with E-state index < -0.39 is 12.0 Å². The van der Waals surface area contributed by atoms with E-state index in [-0.39, 0.29) is 0 Å². The van der Waals surface area contributed by atoms with Gasteiger partial charge >= 0.3 is 5.97 Å². The van der Waals surface area contributed by atoms with Crippen LogP contribution in [-0.2, 0) is 18.3 Å². The first-order chi connectivity index (χ1) is 9.99. The molecule has 3 N–H and O–H groups in total. The normalized spacial score (nSPS) is 11.0. The average molecular weight is 357 g/mol. The Bertz CT molecular complexity index is 579. The van der Waals surface area contributed by atoms with Gasteiger partial charge in [-0.3, -0.25) is 4.79 Å². The maximum Gasteiger partial charge on any atom is 0.320 e. The van der Waals surface area contributed by atoms with E-state index in [1.165, 1.54) is 0 Å². The van der Waals surface area contributed by atoms with E-state index in [9.17, 15) is 4.79 Å². The Morgan fingerprint density at radius 2 is 1.90 bits per heavy atom. The lowest BCUT2D eigenvalue weighted by Gasteiger charge is -2.04. The smallest absolute Gasteiger partial charge is 0.320 e. The summed E-state index contributed by atoms with van der Waals surface area (Å²) >= 11 is 3.41. The molecule has 1 atom stereocenters. The molecule has 0 aliphatic rings. The van der Waals surface area contributed by atoms with Gasteiger partial charge in [-0.15, -0.1) is 0 Å². The fourth-order valence-electron chi connectivity index (χ4n) is 1.93. The number of aromatic nitrogens is 1. The van der Waals surface area contributed by atoms with Crippen molar-refractivity contribution in [1.29, 1.82) is 0 Å². The van der Waals surface area contributed by atoms with Crippen LogP contribution in [0.5, 0.6) is 0 Å². The van der Waals surface area contributed by atoms with Crippen molar-refractivity contribution in [2.24, 2.45) is 12.8 Å². The van der Waals surface area contributed by atoms with Crippen LogP contribution in [-0.4, -0.2) is 21.7 Å². The molecule has 4 nitrogen and oxygen atoms in total. The van der Waals surface area contributed by atoms with Gasteiger partial charge in [0, 0.05) is 35.0 Å². The summed E-state index contributed by atoms with van der Waals surface area (Å²) in [7, 11) is 1.94. The van der Waals surface area contributed by atoms with E-state index in [4.69, 9.17) is 10.8 Å². The molecular formula is C16H25BrN2O2. The number of halogens is 1. The Morgan fingerprint density at radius 3 is 2.43 bits per heavy atom. The molecule has 2 rings (SSSR count). The van der Waals surface area contributed by atoms with Gasteiger partial charge in [-0.2, -0.15) is 0 Å². The van der Waals surface area contributed by atoms with Crippen LogP contribution in [0.1, 0.15) is 33.3 Å². The molecule has 0 saturated carbocycles. The van der Waals surface area contributed by atoms with Gasteiger partial charge in [0.05, 0.1) is 0 Å². The van der Waals surface area contributed by atoms with Gasteiger partial charge in [0.15, 0.2) is 0 Å². The number of nitrogens with two attached hydrogens (primary N) is 1. The van der Waals surface area contributed by atoms with Gasteiger partial charge in [-0.05, 0) is 23.8 Å². The lowest BCUT2D eigenvalue weighted by atomic mass is 10.1. The first kappa shape index (κ1) is 19.7. The number of benzene rings is 1. The number of carboxylic acids is 1. The minimum Gasteiger partial charge on any atom is -0.480 e. The zero-order chi connectivity index (χ0) is 16.6. The molecule has 0 aliphatic carbocycles. The minimum absolute atomic E-state index is 0.336. The largest absolute Gasteiger partial charge is 0.480 e. The third-order valence-corrected chi connectivity index (χ3v) is 3.28. The Kier molecular flexibility index (Phi) is 8.97. The van der Waals surface area contributed by atoms with E-state index in [2.05, 4.69) is 15.9 Å². The molecule has 1 aromatic carbocycles. The third-order valence-electron chi connectivity index (χ3n) is 2.79. The van der Waals surface area contributed by atoms with E-state index in [0.29, 0.717) is 6.42 Å². The van der Waals surface area contributed by atoms with Gasteiger partial charge in [0.1, 0.15) is 6.04 Å². The number of hydrogen-bond acceptors (Lipinski definition) is 2. The molecule has 0 amide bonds. The highest BCUT2D eigenvalue weighted by atomic mass is 79.9. The van der Waals surface area contributed by atoms with Crippen molar-refractivity contribution < 1.29 is 9.90 Å². The van der Waals surface area contributed by atoms with Gasteiger partial charge in [0.25, 0.3) is 0 Å². The highest BCUT2D eigenvalue weighted by molar-refractivity contribution is 9.10. The molecule has 5 heteroatoms. The number of fused-ring (bicyclic) bond motifs is 1. The number of carbonyl (C=O) groups is 1. The lowest BCUT2D eigenvalue weighted by Crippen LogP contribution is -2.32. The molecule has 0 spiro atoms. The second-order valence-corrected chi connectivity index (χ2v) is 4.99. The monoisotopic (exact) mass is 356 g/mol. The van der Waals surface area contributed by atoms with Crippen molar-refractivity contribution >= 4 is 32.8 Å². The number of carboxylic acid groups (broad SMARTS) is 1. The van der Waals surface area contributed by atoms with Crippen molar-refractivity contribution in [2.45, 2.75) is 40.2 Å². The summed E-state index contributed by atoms with van der Waals surface area (Å²) in [6, 6.07) is 5.08. The standard InChI is InChI=1S/C12H13BrN2O2.2C2H6/c1-15-6-7(4-10(14)12(16)17)9-5-8(13)2-3-11(9)15;2*1-2/h2-3,5-6,10H,4,14H2,1H3,(H,16,17);2*1-2H3. The van der Waals surface area contributed by atoms with Crippen molar-refractivity contribution in [3.05, 3.63) is 34.4 Å². The van der Waals surface area contributed by atoms with Gasteiger partial charge in [-0.1, -0.05) is 43.6 Å². The molecule has 21 heavy (non-hydrogen) atoms. The Hall–Kier alpha value is -1.33. The molecule has 0 saturated heterocycles. The Labute approximate surface area is 135 Å². The Morgan fingerprint density at radius 1 is 1.33 bits per heavy atom. The zero-order valence-electron chi connectivity index (χ0n) is 13.4. The van der Waals surface area contributed by atoms with Crippen LogP contribution in [0.4, 0.5) is 0 Å². The van der Waals surface area contributed by atoms with Crippen molar-refractivity contribution in [3.8, 4) is 0 Å². The van der Waals surface area contributed by atoms with Crippen molar-refractivity contribution in [2.75, 3.05) is 0 Å². The Balaban J connectivity index is 0.000000921. The predicted molar refractivity (Wildman–Crippen MR) is 92.6 cm³/mol. The maximum atomic E-state index is 10.8. The predicted octanol–water partition coefficient (Wildman–Crippen LogP) is 3.95.